The summed E-state index contributed by atoms with van der Waals surface area (Å²) in [5.41, 5.74) is 6.57. The summed E-state index contributed by atoms with van der Waals surface area (Å²) in [6.45, 7) is 5.42. The Kier molecular flexibility index (Phi) is 9.32. The van der Waals surface area contributed by atoms with E-state index in [9.17, 15) is 19.6 Å². The highest BCUT2D eigenvalue weighted by Gasteiger charge is 2.42. The van der Waals surface area contributed by atoms with Crippen molar-refractivity contribution in [3.8, 4) is 16.5 Å². The first-order valence-corrected chi connectivity index (χ1v) is 18.8. The number of aliphatic imine (C=N–C) groups is 1. The topological polar surface area (TPSA) is 129 Å². The van der Waals surface area contributed by atoms with Gasteiger partial charge in [0.2, 0.25) is 0 Å². The molecule has 7 aromatic rings. The SMILES string of the molecule is CC1=C(C#N)C(=O)N(C(=O)OCc2ccccc2)C(=O)/C1=N\c1ccc(-c2sc(N(c3ccc(C)cc3)c3ccc(C)cc3)c3ccccc23)c2nsnc12. The van der Waals surface area contributed by atoms with Crippen molar-refractivity contribution in [2.45, 2.75) is 27.4 Å². The van der Waals surface area contributed by atoms with Gasteiger partial charge in [-0.3, -0.25) is 9.59 Å². The number of nitrogens with zero attached hydrogens (tertiary/aromatic N) is 6. The highest BCUT2D eigenvalue weighted by molar-refractivity contribution is 7.21. The number of hydrogen-bond donors (Lipinski definition) is 0. The van der Waals surface area contributed by atoms with Gasteiger partial charge in [0, 0.05) is 38.2 Å². The number of nitriles is 1. The molecule has 0 unspecified atom stereocenters. The number of hydrogen-bond acceptors (Lipinski definition) is 11. The van der Waals surface area contributed by atoms with Crippen LogP contribution in [0, 0.1) is 25.2 Å². The first kappa shape index (κ1) is 35.2. The summed E-state index contributed by atoms with van der Waals surface area (Å²) in [5, 5.41) is 13.0. The van der Waals surface area contributed by atoms with Crippen LogP contribution in [0.15, 0.2) is 131 Å². The van der Waals surface area contributed by atoms with Crippen molar-refractivity contribution in [1.82, 2.24) is 13.6 Å². The Morgan fingerprint density at radius 1 is 0.782 bits per heavy atom. The second-order valence-electron chi connectivity index (χ2n) is 12.9. The van der Waals surface area contributed by atoms with Crippen molar-refractivity contribution in [2.75, 3.05) is 4.90 Å². The average Bonchev–Trinajstić information content (AvgIpc) is 3.84. The van der Waals surface area contributed by atoms with Gasteiger partial charge >= 0.3 is 6.09 Å². The number of aryl methyl sites for hydroxylation is 2. The van der Waals surface area contributed by atoms with E-state index in [0.717, 1.165) is 60.4 Å². The molecule has 3 amide bonds. The summed E-state index contributed by atoms with van der Waals surface area (Å²) in [7, 11) is 0. The Morgan fingerprint density at radius 3 is 2.05 bits per heavy atom. The number of carbonyl (C=O) groups is 3. The Labute approximate surface area is 324 Å². The summed E-state index contributed by atoms with van der Waals surface area (Å²) in [4.78, 5) is 48.4. The molecule has 0 spiro atoms. The largest absolute Gasteiger partial charge is 0.444 e. The molecular formula is C43H30N6O4S2. The maximum Gasteiger partial charge on any atom is 0.424 e. The van der Waals surface area contributed by atoms with Gasteiger partial charge in [-0.05, 0) is 62.7 Å². The Morgan fingerprint density at radius 2 is 1.40 bits per heavy atom. The molecule has 3 heterocycles. The van der Waals surface area contributed by atoms with Crippen molar-refractivity contribution in [1.29, 1.82) is 5.26 Å². The third-order valence-electron chi connectivity index (χ3n) is 9.31. The Bertz CT molecular complexity index is 2720. The van der Waals surface area contributed by atoms with Gasteiger partial charge in [0.05, 0.1) is 17.4 Å². The molecule has 0 fully saturated rings. The van der Waals surface area contributed by atoms with Crippen LogP contribution in [-0.2, 0) is 20.9 Å². The molecule has 0 saturated carbocycles. The van der Waals surface area contributed by atoms with Crippen LogP contribution in [0.5, 0.6) is 0 Å². The number of fused-ring (bicyclic) bond motifs is 2. The van der Waals surface area contributed by atoms with E-state index in [-0.39, 0.29) is 23.5 Å². The molecule has 0 atom stereocenters. The summed E-state index contributed by atoms with van der Waals surface area (Å²) in [5.74, 6) is -2.07. The lowest BCUT2D eigenvalue weighted by atomic mass is 9.99. The summed E-state index contributed by atoms with van der Waals surface area (Å²) in [6.07, 6.45) is -1.20. The average molecular weight is 759 g/mol. The maximum absolute atomic E-state index is 13.8. The van der Waals surface area contributed by atoms with E-state index in [1.807, 2.05) is 30.3 Å². The fourth-order valence-corrected chi connectivity index (χ4v) is 8.34. The van der Waals surface area contributed by atoms with Crippen molar-refractivity contribution >= 4 is 90.6 Å². The number of imide groups is 3. The quantitative estimate of drug-likeness (QED) is 0.147. The molecule has 0 aliphatic carbocycles. The van der Waals surface area contributed by atoms with Crippen LogP contribution in [0.4, 0.5) is 26.9 Å². The van der Waals surface area contributed by atoms with Crippen molar-refractivity contribution in [2.24, 2.45) is 4.99 Å². The molecule has 2 aromatic heterocycles. The van der Waals surface area contributed by atoms with Gasteiger partial charge in [-0.1, -0.05) is 90.0 Å². The minimum absolute atomic E-state index is 0.0474. The number of thiophene rings is 1. The van der Waals surface area contributed by atoms with Crippen molar-refractivity contribution in [3.05, 3.63) is 143 Å². The lowest BCUT2D eigenvalue weighted by molar-refractivity contribution is -0.136. The number of carbonyl (C=O) groups excluding carboxylic acids is 3. The molecule has 268 valence electrons. The fourth-order valence-electron chi connectivity index (χ4n) is 6.42. The number of anilines is 3. The molecule has 55 heavy (non-hydrogen) atoms. The zero-order valence-corrected chi connectivity index (χ0v) is 31.4. The van der Waals surface area contributed by atoms with Gasteiger partial charge in [0.25, 0.3) is 11.8 Å². The number of amides is 3. The summed E-state index contributed by atoms with van der Waals surface area (Å²) >= 11 is 2.64. The molecule has 1 aliphatic rings. The highest BCUT2D eigenvalue weighted by Crippen LogP contribution is 2.50. The van der Waals surface area contributed by atoms with Gasteiger partial charge in [0.15, 0.2) is 0 Å². The van der Waals surface area contributed by atoms with E-state index in [4.69, 9.17) is 4.74 Å². The molecule has 5 aromatic carbocycles. The highest BCUT2D eigenvalue weighted by atomic mass is 32.1. The summed E-state index contributed by atoms with van der Waals surface area (Å²) in [6, 6.07) is 39.5. The first-order valence-electron chi connectivity index (χ1n) is 17.2. The lowest BCUT2D eigenvalue weighted by Crippen LogP contribution is -2.50. The third-order valence-corrected chi connectivity index (χ3v) is 11.1. The first-order chi connectivity index (χ1) is 26.7. The minimum Gasteiger partial charge on any atom is -0.444 e. The van der Waals surface area contributed by atoms with E-state index in [1.54, 1.807) is 41.7 Å². The fraction of sp³-hybridized carbons (Fsp3) is 0.0930. The van der Waals surface area contributed by atoms with Crippen molar-refractivity contribution in [3.63, 3.8) is 0 Å². The van der Waals surface area contributed by atoms with Gasteiger partial charge in [-0.25, -0.2) is 9.79 Å². The smallest absolute Gasteiger partial charge is 0.424 e. The van der Waals surface area contributed by atoms with E-state index >= 15 is 0 Å². The van der Waals surface area contributed by atoms with Crippen LogP contribution in [0.3, 0.4) is 0 Å². The standard InChI is InChI=1S/C43H30N6O4S2/c1-25-13-17-29(18-14-25)48(30-19-15-26(2)16-20-30)42-32-12-8-7-11-31(32)39(54-42)33-21-22-35(38-37(33)46-55-47-38)45-36-27(3)34(23-44)40(50)49(41(36)51)43(52)53-24-28-9-5-4-6-10-28/h4-22H,24H2,1-3H3/b45-36-. The maximum atomic E-state index is 13.8. The second kappa shape index (κ2) is 14.5. The van der Waals surface area contributed by atoms with Gasteiger partial charge in [-0.2, -0.15) is 18.9 Å². The van der Waals surface area contributed by atoms with E-state index in [1.165, 1.54) is 6.92 Å². The number of ether oxygens (including phenoxy) is 1. The monoisotopic (exact) mass is 758 g/mol. The van der Waals surface area contributed by atoms with Crippen LogP contribution in [-0.4, -0.2) is 37.3 Å². The molecule has 0 N–H and O–H groups in total. The molecular weight excluding hydrogens is 729 g/mol. The van der Waals surface area contributed by atoms with E-state index in [0.29, 0.717) is 27.2 Å². The normalized spacial score (nSPS) is 13.9. The number of rotatable bonds is 7. The van der Waals surface area contributed by atoms with E-state index in [2.05, 4.69) is 93.2 Å². The Balaban J connectivity index is 1.22. The molecule has 0 saturated heterocycles. The van der Waals surface area contributed by atoms with Crippen molar-refractivity contribution < 1.29 is 19.1 Å². The van der Waals surface area contributed by atoms with Crippen LogP contribution in [0.25, 0.3) is 32.2 Å². The second-order valence-corrected chi connectivity index (χ2v) is 14.5. The van der Waals surface area contributed by atoms with Gasteiger partial charge in [0.1, 0.15) is 40.0 Å². The Hall–Kier alpha value is -6.81. The van der Waals surface area contributed by atoms with Gasteiger partial charge in [-0.15, -0.1) is 11.3 Å². The molecule has 0 radical (unpaired) electrons. The third kappa shape index (κ3) is 6.45. The lowest BCUT2D eigenvalue weighted by Gasteiger charge is -2.24. The molecule has 8 rings (SSSR count). The van der Waals surface area contributed by atoms with Crippen LogP contribution in [0.1, 0.15) is 23.6 Å². The number of benzene rings is 5. The summed E-state index contributed by atoms with van der Waals surface area (Å²) < 4.78 is 14.6. The molecule has 10 nitrogen and oxygen atoms in total. The molecule has 12 heteroatoms. The van der Waals surface area contributed by atoms with Crippen LogP contribution in [0.2, 0.25) is 0 Å². The van der Waals surface area contributed by atoms with Crippen LogP contribution < -0.4 is 4.90 Å². The van der Waals surface area contributed by atoms with Gasteiger partial charge < -0.3 is 9.64 Å². The minimum atomic E-state index is -1.20. The predicted molar refractivity (Wildman–Crippen MR) is 216 cm³/mol. The van der Waals surface area contributed by atoms with Crippen LogP contribution >= 0.6 is 23.1 Å². The molecule has 1 aliphatic heterocycles. The van der Waals surface area contributed by atoms with E-state index < -0.39 is 17.9 Å². The predicted octanol–water partition coefficient (Wildman–Crippen LogP) is 10.3. The zero-order chi connectivity index (χ0) is 38.2. The number of aromatic nitrogens is 2. The molecule has 0 bridgehead atoms. The zero-order valence-electron chi connectivity index (χ0n) is 29.8.